The zero-order valence-corrected chi connectivity index (χ0v) is 13.8. The maximum atomic E-state index is 12.3. The molecule has 3 rings (SSSR count). The summed E-state index contributed by atoms with van der Waals surface area (Å²) in [6.45, 7) is 0. The second-order valence-electron chi connectivity index (χ2n) is 5.31. The number of ether oxygens (including phenoxy) is 1. The molecule has 1 heterocycles. The van der Waals surface area contributed by atoms with Gasteiger partial charge in [-0.15, -0.1) is 0 Å². The molecule has 0 fully saturated rings. The van der Waals surface area contributed by atoms with Crippen LogP contribution in [0.3, 0.4) is 0 Å². The first-order valence-corrected chi connectivity index (χ1v) is 7.81. The fourth-order valence-electron chi connectivity index (χ4n) is 2.32. The number of methoxy groups -OCH3 is 1. The predicted molar refractivity (Wildman–Crippen MR) is 95.7 cm³/mol. The first-order valence-electron chi connectivity index (χ1n) is 7.81. The molecule has 25 heavy (non-hydrogen) atoms. The number of hydrazone groups is 1. The van der Waals surface area contributed by atoms with Crippen molar-refractivity contribution in [1.29, 1.82) is 0 Å². The summed E-state index contributed by atoms with van der Waals surface area (Å²) in [6.07, 6.45) is 3.93. The van der Waals surface area contributed by atoms with Gasteiger partial charge in [0.1, 0.15) is 11.6 Å². The lowest BCUT2D eigenvalue weighted by Gasteiger charge is -2.07. The summed E-state index contributed by atoms with van der Waals surface area (Å²) < 4.78 is 5.09. The van der Waals surface area contributed by atoms with Crippen molar-refractivity contribution in [3.63, 3.8) is 0 Å². The number of benzene rings is 2. The topological polar surface area (TPSA) is 79.4 Å². The van der Waals surface area contributed by atoms with Crippen LogP contribution < -0.4 is 10.2 Å². The van der Waals surface area contributed by atoms with Crippen LogP contribution in [0.25, 0.3) is 0 Å². The standard InChI is InChI=1S/C19H18N4O2/c1-25-16-9-7-15(8-10-16)19(24)23-22-17(13-18-20-11-12-21-18)14-5-3-2-4-6-14/h2-12H,13H2,1H3,(H,20,21)(H,23,24)/b22-17+. The van der Waals surface area contributed by atoms with E-state index in [-0.39, 0.29) is 5.91 Å². The Morgan fingerprint density at radius 3 is 2.52 bits per heavy atom. The van der Waals surface area contributed by atoms with Gasteiger partial charge in [-0.05, 0) is 29.8 Å². The monoisotopic (exact) mass is 334 g/mol. The summed E-state index contributed by atoms with van der Waals surface area (Å²) in [5.41, 5.74) is 4.77. The van der Waals surface area contributed by atoms with Gasteiger partial charge in [0, 0.05) is 18.0 Å². The van der Waals surface area contributed by atoms with Crippen molar-refractivity contribution in [3.8, 4) is 5.75 Å². The molecule has 0 atom stereocenters. The van der Waals surface area contributed by atoms with Crippen LogP contribution in [0.2, 0.25) is 0 Å². The number of aromatic amines is 1. The van der Waals surface area contributed by atoms with Crippen molar-refractivity contribution in [3.05, 3.63) is 83.9 Å². The van der Waals surface area contributed by atoms with Crippen LogP contribution >= 0.6 is 0 Å². The zero-order valence-electron chi connectivity index (χ0n) is 13.8. The maximum Gasteiger partial charge on any atom is 0.271 e. The van der Waals surface area contributed by atoms with E-state index in [9.17, 15) is 4.79 Å². The molecular formula is C19H18N4O2. The van der Waals surface area contributed by atoms with Crippen LogP contribution in [0, 0.1) is 0 Å². The van der Waals surface area contributed by atoms with E-state index >= 15 is 0 Å². The highest BCUT2D eigenvalue weighted by atomic mass is 16.5. The molecule has 2 aromatic carbocycles. The molecule has 3 aromatic rings. The quantitative estimate of drug-likeness (QED) is 0.537. The SMILES string of the molecule is COc1ccc(C(=O)N/N=C(\Cc2ncc[nH]2)c2ccccc2)cc1. The van der Waals surface area contributed by atoms with Gasteiger partial charge in [0.15, 0.2) is 0 Å². The minimum absolute atomic E-state index is 0.282. The molecule has 0 unspecified atom stereocenters. The number of imidazole rings is 1. The van der Waals surface area contributed by atoms with Crippen molar-refractivity contribution < 1.29 is 9.53 Å². The summed E-state index contributed by atoms with van der Waals surface area (Å²) in [5, 5.41) is 4.31. The van der Waals surface area contributed by atoms with E-state index in [4.69, 9.17) is 4.74 Å². The van der Waals surface area contributed by atoms with Crippen LogP contribution in [0.1, 0.15) is 21.7 Å². The number of nitrogens with zero attached hydrogens (tertiary/aromatic N) is 2. The highest BCUT2D eigenvalue weighted by molar-refractivity contribution is 6.03. The summed E-state index contributed by atoms with van der Waals surface area (Å²) >= 11 is 0. The molecular weight excluding hydrogens is 316 g/mol. The van der Waals surface area contributed by atoms with Gasteiger partial charge >= 0.3 is 0 Å². The Morgan fingerprint density at radius 1 is 1.12 bits per heavy atom. The van der Waals surface area contributed by atoms with E-state index in [1.807, 2.05) is 30.3 Å². The van der Waals surface area contributed by atoms with Gasteiger partial charge in [-0.3, -0.25) is 4.79 Å². The van der Waals surface area contributed by atoms with E-state index in [0.29, 0.717) is 17.7 Å². The molecule has 0 saturated carbocycles. The summed E-state index contributed by atoms with van der Waals surface area (Å²) in [5.74, 6) is 1.19. The molecule has 0 saturated heterocycles. The third kappa shape index (κ3) is 4.32. The smallest absolute Gasteiger partial charge is 0.271 e. The van der Waals surface area contributed by atoms with Crippen LogP contribution in [-0.4, -0.2) is 28.7 Å². The molecule has 0 bridgehead atoms. The average Bonchev–Trinajstić information content (AvgIpc) is 3.19. The van der Waals surface area contributed by atoms with Gasteiger partial charge in [0.25, 0.3) is 5.91 Å². The Balaban J connectivity index is 1.78. The van der Waals surface area contributed by atoms with Crippen LogP contribution in [-0.2, 0) is 6.42 Å². The van der Waals surface area contributed by atoms with Crippen LogP contribution in [0.5, 0.6) is 5.75 Å². The Bertz CT molecular complexity index is 841. The Morgan fingerprint density at radius 2 is 1.88 bits per heavy atom. The van der Waals surface area contributed by atoms with E-state index in [1.165, 1.54) is 0 Å². The third-order valence-electron chi connectivity index (χ3n) is 3.64. The van der Waals surface area contributed by atoms with Crippen molar-refractivity contribution in [2.24, 2.45) is 5.10 Å². The van der Waals surface area contributed by atoms with Crippen molar-refractivity contribution in [2.75, 3.05) is 7.11 Å². The fraction of sp³-hybridized carbons (Fsp3) is 0.105. The number of hydrogen-bond donors (Lipinski definition) is 2. The third-order valence-corrected chi connectivity index (χ3v) is 3.64. The number of aromatic nitrogens is 2. The number of nitrogens with one attached hydrogen (secondary N) is 2. The highest BCUT2D eigenvalue weighted by Crippen LogP contribution is 2.11. The summed E-state index contributed by atoms with van der Waals surface area (Å²) in [7, 11) is 1.58. The first-order chi connectivity index (χ1) is 12.3. The second-order valence-corrected chi connectivity index (χ2v) is 5.31. The Kier molecular flexibility index (Phi) is 5.21. The largest absolute Gasteiger partial charge is 0.497 e. The van der Waals surface area contributed by atoms with Crippen molar-refractivity contribution in [1.82, 2.24) is 15.4 Å². The normalized spacial score (nSPS) is 11.2. The van der Waals surface area contributed by atoms with E-state index in [0.717, 1.165) is 17.1 Å². The summed E-state index contributed by atoms with van der Waals surface area (Å²) in [6, 6.07) is 16.5. The van der Waals surface area contributed by atoms with E-state index in [2.05, 4.69) is 20.5 Å². The highest BCUT2D eigenvalue weighted by Gasteiger charge is 2.09. The lowest BCUT2D eigenvalue weighted by molar-refractivity contribution is 0.0954. The molecule has 0 aliphatic heterocycles. The molecule has 0 radical (unpaired) electrons. The van der Waals surface area contributed by atoms with Crippen LogP contribution in [0.4, 0.5) is 0 Å². The van der Waals surface area contributed by atoms with Crippen molar-refractivity contribution in [2.45, 2.75) is 6.42 Å². The molecule has 0 aliphatic carbocycles. The molecule has 2 N–H and O–H groups in total. The fourth-order valence-corrected chi connectivity index (χ4v) is 2.32. The van der Waals surface area contributed by atoms with Gasteiger partial charge in [-0.1, -0.05) is 30.3 Å². The molecule has 6 nitrogen and oxygen atoms in total. The number of hydrogen-bond acceptors (Lipinski definition) is 4. The Hall–Kier alpha value is -3.41. The first kappa shape index (κ1) is 16.4. The minimum atomic E-state index is -0.282. The van der Waals surface area contributed by atoms with E-state index < -0.39 is 0 Å². The zero-order chi connectivity index (χ0) is 17.5. The summed E-state index contributed by atoms with van der Waals surface area (Å²) in [4.78, 5) is 19.6. The number of carbonyl (C=O) groups excluding carboxylic acids is 1. The second kappa shape index (κ2) is 7.92. The molecule has 6 heteroatoms. The molecule has 1 aromatic heterocycles. The lowest BCUT2D eigenvalue weighted by Crippen LogP contribution is -2.21. The maximum absolute atomic E-state index is 12.3. The Labute approximate surface area is 145 Å². The number of rotatable bonds is 6. The van der Waals surface area contributed by atoms with Gasteiger partial charge in [-0.2, -0.15) is 5.10 Å². The molecule has 0 aliphatic rings. The van der Waals surface area contributed by atoms with Crippen molar-refractivity contribution >= 4 is 11.6 Å². The van der Waals surface area contributed by atoms with Gasteiger partial charge in [-0.25, -0.2) is 10.4 Å². The van der Waals surface area contributed by atoms with E-state index in [1.54, 1.807) is 43.8 Å². The number of carbonyl (C=O) groups is 1. The van der Waals surface area contributed by atoms with Gasteiger partial charge in [0.05, 0.1) is 19.2 Å². The van der Waals surface area contributed by atoms with Gasteiger partial charge < -0.3 is 9.72 Å². The number of amides is 1. The molecule has 1 amide bonds. The molecule has 0 spiro atoms. The lowest BCUT2D eigenvalue weighted by atomic mass is 10.1. The molecule has 126 valence electrons. The average molecular weight is 334 g/mol. The number of H-pyrrole nitrogens is 1. The minimum Gasteiger partial charge on any atom is -0.497 e. The van der Waals surface area contributed by atoms with Gasteiger partial charge in [0.2, 0.25) is 0 Å². The van der Waals surface area contributed by atoms with Crippen LogP contribution in [0.15, 0.2) is 72.1 Å². The predicted octanol–water partition coefficient (Wildman–Crippen LogP) is 2.80.